The minimum atomic E-state index is 1.08. The zero-order chi connectivity index (χ0) is 8.36. The number of allylic oxidation sites excluding steroid dienone is 3. The first-order valence-corrected chi connectivity index (χ1v) is 4.27. The van der Waals surface area contributed by atoms with Crippen molar-refractivity contribution in [3.05, 3.63) is 18.2 Å². The zero-order valence-corrected chi connectivity index (χ0v) is 7.18. The Kier molecular flexibility index (Phi) is 8.51. The molecule has 11 heavy (non-hydrogen) atoms. The highest BCUT2D eigenvalue weighted by atomic mass is 16.1. The van der Waals surface area contributed by atoms with Crippen molar-refractivity contribution in [1.29, 1.82) is 0 Å². The summed E-state index contributed by atoms with van der Waals surface area (Å²) in [5.41, 5.74) is 0. The molecular formula is C10H16O. The highest BCUT2D eigenvalue weighted by Gasteiger charge is 1.82. The van der Waals surface area contributed by atoms with E-state index in [1.54, 1.807) is 12.0 Å². The highest BCUT2D eigenvalue weighted by molar-refractivity contribution is 5.48. The lowest BCUT2D eigenvalue weighted by molar-refractivity contribution is 0.569. The maximum atomic E-state index is 9.71. The van der Waals surface area contributed by atoms with Crippen LogP contribution in [-0.4, -0.2) is 5.94 Å². The van der Waals surface area contributed by atoms with Crippen LogP contribution >= 0.6 is 0 Å². The van der Waals surface area contributed by atoms with E-state index in [1.807, 2.05) is 6.08 Å². The minimum absolute atomic E-state index is 1.08. The fourth-order valence-electron chi connectivity index (χ4n) is 0.893. The molecule has 0 aromatic carbocycles. The Balaban J connectivity index is 3.07. The van der Waals surface area contributed by atoms with Crippen molar-refractivity contribution in [2.75, 3.05) is 0 Å². The van der Waals surface area contributed by atoms with Crippen LogP contribution < -0.4 is 0 Å². The van der Waals surface area contributed by atoms with Gasteiger partial charge in [0.2, 0.25) is 0 Å². The maximum Gasteiger partial charge on any atom is 0.124 e. The van der Waals surface area contributed by atoms with Crippen molar-refractivity contribution in [2.45, 2.75) is 39.0 Å². The molecule has 1 heteroatoms. The normalized spacial score (nSPS) is 9.91. The van der Waals surface area contributed by atoms with E-state index in [-0.39, 0.29) is 0 Å². The van der Waals surface area contributed by atoms with Crippen LogP contribution in [0.25, 0.3) is 0 Å². The number of unbranched alkanes of at least 4 members (excludes halogenated alkanes) is 4. The Morgan fingerprint density at radius 3 is 2.73 bits per heavy atom. The van der Waals surface area contributed by atoms with E-state index in [1.165, 1.54) is 31.8 Å². The molecule has 0 saturated carbocycles. The molecule has 0 radical (unpaired) electrons. The van der Waals surface area contributed by atoms with Crippen LogP contribution in [0.1, 0.15) is 39.0 Å². The summed E-state index contributed by atoms with van der Waals surface area (Å²) in [5, 5.41) is 0. The van der Waals surface area contributed by atoms with Crippen LogP contribution in [0.5, 0.6) is 0 Å². The summed E-state index contributed by atoms with van der Waals surface area (Å²) in [4.78, 5) is 9.71. The first-order chi connectivity index (χ1) is 5.41. The lowest BCUT2D eigenvalue weighted by atomic mass is 10.1. The Hall–Kier alpha value is -0.810. The first-order valence-electron chi connectivity index (χ1n) is 4.27. The molecule has 0 aliphatic rings. The number of hydrogen-bond donors (Lipinski definition) is 0. The third kappa shape index (κ3) is 9.19. The average Bonchev–Trinajstić information content (AvgIpc) is 2.03. The van der Waals surface area contributed by atoms with Crippen LogP contribution in [0, 0.1) is 0 Å². The second-order valence-corrected chi connectivity index (χ2v) is 2.56. The Bertz CT molecular complexity index is 141. The number of hydrogen-bond acceptors (Lipinski definition) is 1. The van der Waals surface area contributed by atoms with Crippen molar-refractivity contribution in [1.82, 2.24) is 0 Å². The Morgan fingerprint density at radius 2 is 2.09 bits per heavy atom. The molecule has 0 amide bonds. The summed E-state index contributed by atoms with van der Waals surface area (Å²) in [6, 6.07) is 0. The van der Waals surface area contributed by atoms with Crippen molar-refractivity contribution in [3.63, 3.8) is 0 Å². The molecule has 1 nitrogen and oxygen atoms in total. The molecule has 0 spiro atoms. The van der Waals surface area contributed by atoms with E-state index < -0.39 is 0 Å². The molecule has 0 unspecified atom stereocenters. The predicted molar refractivity (Wildman–Crippen MR) is 48.2 cm³/mol. The molecule has 62 valence electrons. The highest BCUT2D eigenvalue weighted by Crippen LogP contribution is 2.02. The second-order valence-electron chi connectivity index (χ2n) is 2.56. The number of carbonyl (C=O) groups excluding carboxylic acids is 1. The van der Waals surface area contributed by atoms with E-state index in [2.05, 4.69) is 6.92 Å². The van der Waals surface area contributed by atoms with Crippen molar-refractivity contribution >= 4 is 5.94 Å². The Morgan fingerprint density at radius 1 is 1.27 bits per heavy atom. The molecule has 0 bridgehead atoms. The van der Waals surface area contributed by atoms with Crippen LogP contribution in [0.4, 0.5) is 0 Å². The van der Waals surface area contributed by atoms with Crippen molar-refractivity contribution in [3.8, 4) is 0 Å². The maximum absolute atomic E-state index is 9.71. The van der Waals surface area contributed by atoms with E-state index in [9.17, 15) is 4.79 Å². The fraction of sp³-hybridized carbons (Fsp3) is 0.600. The predicted octanol–water partition coefficient (Wildman–Crippen LogP) is 2.90. The molecule has 0 aliphatic carbocycles. The van der Waals surface area contributed by atoms with Gasteiger partial charge in [-0.05, 0) is 12.8 Å². The van der Waals surface area contributed by atoms with Crippen LogP contribution in [-0.2, 0) is 4.79 Å². The first kappa shape index (κ1) is 10.2. The van der Waals surface area contributed by atoms with Gasteiger partial charge in [0, 0.05) is 6.08 Å². The summed E-state index contributed by atoms with van der Waals surface area (Å²) in [5.74, 6) is 1.71. The van der Waals surface area contributed by atoms with Gasteiger partial charge in [-0.25, -0.2) is 4.79 Å². The van der Waals surface area contributed by atoms with E-state index in [0.29, 0.717) is 0 Å². The summed E-state index contributed by atoms with van der Waals surface area (Å²) >= 11 is 0. The lowest BCUT2D eigenvalue weighted by Gasteiger charge is -1.92. The van der Waals surface area contributed by atoms with E-state index in [0.717, 1.165) is 6.42 Å². The molecule has 0 aromatic heterocycles. The second kappa shape index (κ2) is 9.19. The summed E-state index contributed by atoms with van der Waals surface area (Å²) in [6.07, 6.45) is 11.4. The minimum Gasteiger partial charge on any atom is -0.234 e. The number of rotatable bonds is 6. The summed E-state index contributed by atoms with van der Waals surface area (Å²) in [6.45, 7) is 2.20. The molecule has 0 atom stereocenters. The topological polar surface area (TPSA) is 17.1 Å². The molecule has 0 aliphatic heterocycles. The average molecular weight is 152 g/mol. The van der Waals surface area contributed by atoms with Crippen molar-refractivity contribution < 1.29 is 4.79 Å². The third-order valence-corrected chi connectivity index (χ3v) is 1.52. The smallest absolute Gasteiger partial charge is 0.124 e. The molecule has 0 fully saturated rings. The van der Waals surface area contributed by atoms with Gasteiger partial charge in [-0.2, -0.15) is 0 Å². The van der Waals surface area contributed by atoms with Gasteiger partial charge in [0.25, 0.3) is 0 Å². The lowest BCUT2D eigenvalue weighted by Crippen LogP contribution is -1.72. The van der Waals surface area contributed by atoms with Gasteiger partial charge in [-0.3, -0.25) is 0 Å². The fourth-order valence-corrected chi connectivity index (χ4v) is 0.893. The van der Waals surface area contributed by atoms with Gasteiger partial charge in [-0.15, -0.1) is 0 Å². The zero-order valence-electron chi connectivity index (χ0n) is 7.18. The third-order valence-electron chi connectivity index (χ3n) is 1.52. The van der Waals surface area contributed by atoms with Gasteiger partial charge in [0.15, 0.2) is 0 Å². The van der Waals surface area contributed by atoms with Crippen LogP contribution in [0.2, 0.25) is 0 Å². The van der Waals surface area contributed by atoms with Gasteiger partial charge < -0.3 is 0 Å². The molecule has 0 aromatic rings. The van der Waals surface area contributed by atoms with Crippen LogP contribution in [0.15, 0.2) is 18.2 Å². The quantitative estimate of drug-likeness (QED) is 0.325. The van der Waals surface area contributed by atoms with E-state index in [4.69, 9.17) is 0 Å². The van der Waals surface area contributed by atoms with Gasteiger partial charge in [0.1, 0.15) is 5.94 Å². The van der Waals surface area contributed by atoms with Crippen LogP contribution in [0.3, 0.4) is 0 Å². The molecule has 0 rings (SSSR count). The summed E-state index contributed by atoms with van der Waals surface area (Å²) < 4.78 is 0. The monoisotopic (exact) mass is 152 g/mol. The standard InChI is InChI=1S/C10H16O/c1-2-3-4-5-6-7-8-9-10-11/h7-9H,2-6H2,1H3. The van der Waals surface area contributed by atoms with Crippen molar-refractivity contribution in [2.24, 2.45) is 0 Å². The van der Waals surface area contributed by atoms with Gasteiger partial charge in [0.05, 0.1) is 0 Å². The molecule has 0 saturated heterocycles. The van der Waals surface area contributed by atoms with Gasteiger partial charge in [-0.1, -0.05) is 38.3 Å². The molecule has 0 N–H and O–H groups in total. The van der Waals surface area contributed by atoms with Gasteiger partial charge >= 0.3 is 0 Å². The molecular weight excluding hydrogens is 136 g/mol. The largest absolute Gasteiger partial charge is 0.234 e. The summed E-state index contributed by atoms with van der Waals surface area (Å²) in [7, 11) is 0. The van der Waals surface area contributed by atoms with E-state index >= 15 is 0 Å². The Labute approximate surface area is 68.8 Å². The SMILES string of the molecule is CCCCCCC=CC=C=O. The molecule has 0 heterocycles.